The molecule has 1 N–H and O–H groups in total. The highest BCUT2D eigenvalue weighted by Crippen LogP contribution is 2.26. The van der Waals surface area contributed by atoms with E-state index < -0.39 is 10.0 Å². The van der Waals surface area contributed by atoms with Crippen LogP contribution in [0.25, 0.3) is 0 Å². The van der Waals surface area contributed by atoms with Crippen LogP contribution in [0.15, 0.2) is 40.6 Å². The van der Waals surface area contributed by atoms with Crippen molar-refractivity contribution in [1.29, 1.82) is 0 Å². The third-order valence-corrected chi connectivity index (χ3v) is 9.00. The van der Waals surface area contributed by atoms with Gasteiger partial charge in [0.2, 0.25) is 10.0 Å². The molecule has 0 atom stereocenters. The molecule has 2 saturated heterocycles. The molecular weight excluding hydrogens is 462 g/mol. The second-order valence-corrected chi connectivity index (χ2v) is 11.4. The molecule has 8 nitrogen and oxygen atoms in total. The normalized spacial score (nSPS) is 18.8. The molecule has 4 rings (SSSR count). The quantitative estimate of drug-likeness (QED) is 0.608. The number of carbonyl (C=O) groups excluding carboxylic acids is 1. The van der Waals surface area contributed by atoms with Crippen molar-refractivity contribution in [3.63, 3.8) is 0 Å². The van der Waals surface area contributed by atoms with Gasteiger partial charge in [-0.3, -0.25) is 9.69 Å². The van der Waals surface area contributed by atoms with Gasteiger partial charge in [0, 0.05) is 31.1 Å². The number of nitrogens with zero attached hydrogens (tertiary/aromatic N) is 2. The number of likely N-dealkylation sites (tertiary alicyclic amines) is 1. The van der Waals surface area contributed by atoms with E-state index in [4.69, 9.17) is 9.47 Å². The van der Waals surface area contributed by atoms with E-state index in [1.165, 1.54) is 28.4 Å². The van der Waals surface area contributed by atoms with E-state index in [0.29, 0.717) is 44.5 Å². The van der Waals surface area contributed by atoms with Crippen LogP contribution in [0.3, 0.4) is 0 Å². The zero-order chi connectivity index (χ0) is 23.3. The molecule has 180 valence electrons. The first-order valence-electron chi connectivity index (χ1n) is 11.3. The van der Waals surface area contributed by atoms with Gasteiger partial charge in [-0.2, -0.15) is 4.31 Å². The number of carbonyl (C=O) groups is 1. The molecule has 2 aliphatic rings. The van der Waals surface area contributed by atoms with Crippen molar-refractivity contribution < 1.29 is 22.7 Å². The van der Waals surface area contributed by atoms with Crippen LogP contribution in [0.2, 0.25) is 0 Å². The van der Waals surface area contributed by atoms with E-state index in [-0.39, 0.29) is 16.4 Å². The Morgan fingerprint density at radius 2 is 1.94 bits per heavy atom. The maximum atomic E-state index is 13.0. The average Bonchev–Trinajstić information content (AvgIpc) is 3.36. The Morgan fingerprint density at radius 3 is 2.61 bits per heavy atom. The molecule has 0 spiro atoms. The molecule has 2 aliphatic heterocycles. The number of morpholine rings is 1. The molecule has 1 aromatic heterocycles. The number of rotatable bonds is 8. The summed E-state index contributed by atoms with van der Waals surface area (Å²) < 4.78 is 38.0. The van der Waals surface area contributed by atoms with E-state index in [0.717, 1.165) is 32.5 Å². The standard InChI is InChI=1S/C23H31N3O5S2/c1-30-22-5-4-20(33(28,29)26-10-12-31-13-11-26)15-21(22)23(27)24-16-18-6-8-25(9-7-18)17-19-3-2-14-32-19/h2-5,14-15,18H,6-13,16-17H2,1H3,(H,24,27). The lowest BCUT2D eigenvalue weighted by molar-refractivity contribution is 0.0730. The summed E-state index contributed by atoms with van der Waals surface area (Å²) in [5, 5.41) is 5.10. The van der Waals surface area contributed by atoms with E-state index in [1.807, 2.05) is 0 Å². The summed E-state index contributed by atoms with van der Waals surface area (Å²) in [6.07, 6.45) is 2.04. The summed E-state index contributed by atoms with van der Waals surface area (Å²) in [5.74, 6) is 0.450. The zero-order valence-electron chi connectivity index (χ0n) is 18.9. The fraction of sp³-hybridized carbons (Fsp3) is 0.522. The Kier molecular flexibility index (Phi) is 8.02. The Hall–Kier alpha value is -1.98. The van der Waals surface area contributed by atoms with Crippen molar-refractivity contribution in [3.05, 3.63) is 46.2 Å². The summed E-state index contributed by atoms with van der Waals surface area (Å²) in [7, 11) is -2.22. The number of ether oxygens (including phenoxy) is 2. The molecule has 0 aliphatic carbocycles. The van der Waals surface area contributed by atoms with Crippen LogP contribution >= 0.6 is 11.3 Å². The Bertz CT molecular complexity index is 1030. The fourth-order valence-electron chi connectivity index (χ4n) is 4.26. The summed E-state index contributed by atoms with van der Waals surface area (Å²) in [5.41, 5.74) is 0.238. The molecule has 1 amide bonds. The van der Waals surface area contributed by atoms with Crippen LogP contribution < -0.4 is 10.1 Å². The molecule has 3 heterocycles. The van der Waals surface area contributed by atoms with Crippen LogP contribution in [-0.4, -0.2) is 76.6 Å². The molecule has 0 radical (unpaired) electrons. The van der Waals surface area contributed by atoms with Crippen molar-refractivity contribution in [1.82, 2.24) is 14.5 Å². The molecule has 1 aromatic carbocycles. The summed E-state index contributed by atoms with van der Waals surface area (Å²) in [6.45, 7) is 4.92. The lowest BCUT2D eigenvalue weighted by Gasteiger charge is -2.31. The van der Waals surface area contributed by atoms with Crippen LogP contribution in [0.1, 0.15) is 28.1 Å². The van der Waals surface area contributed by atoms with E-state index in [2.05, 4.69) is 27.7 Å². The minimum atomic E-state index is -3.69. The number of hydrogen-bond acceptors (Lipinski definition) is 7. The lowest BCUT2D eigenvalue weighted by Crippen LogP contribution is -2.40. The number of methoxy groups -OCH3 is 1. The van der Waals surface area contributed by atoms with Gasteiger partial charge in [-0.25, -0.2) is 8.42 Å². The highest BCUT2D eigenvalue weighted by atomic mass is 32.2. The number of hydrogen-bond donors (Lipinski definition) is 1. The number of benzene rings is 1. The number of thiophene rings is 1. The van der Waals surface area contributed by atoms with Crippen molar-refractivity contribution >= 4 is 27.3 Å². The van der Waals surface area contributed by atoms with Crippen LogP contribution in [0.5, 0.6) is 5.75 Å². The third-order valence-electron chi connectivity index (χ3n) is 6.24. The van der Waals surface area contributed by atoms with Gasteiger partial charge >= 0.3 is 0 Å². The average molecular weight is 494 g/mol. The van der Waals surface area contributed by atoms with Gasteiger partial charge in [-0.1, -0.05) is 6.07 Å². The van der Waals surface area contributed by atoms with Crippen LogP contribution in [0.4, 0.5) is 0 Å². The van der Waals surface area contributed by atoms with Gasteiger partial charge in [0.15, 0.2) is 0 Å². The molecule has 2 fully saturated rings. The maximum Gasteiger partial charge on any atom is 0.255 e. The number of amides is 1. The highest BCUT2D eigenvalue weighted by molar-refractivity contribution is 7.89. The Balaban J connectivity index is 1.36. The van der Waals surface area contributed by atoms with Crippen molar-refractivity contribution in [3.8, 4) is 5.75 Å². The maximum absolute atomic E-state index is 13.0. The summed E-state index contributed by atoms with van der Waals surface area (Å²) in [4.78, 5) is 16.9. The Morgan fingerprint density at radius 1 is 1.18 bits per heavy atom. The Labute approximate surface area is 199 Å². The van der Waals surface area contributed by atoms with E-state index >= 15 is 0 Å². The predicted octanol–water partition coefficient (Wildman–Crippen LogP) is 2.42. The zero-order valence-corrected chi connectivity index (χ0v) is 20.5. The minimum Gasteiger partial charge on any atom is -0.496 e. The van der Waals surface area contributed by atoms with Gasteiger partial charge in [0.05, 0.1) is 30.8 Å². The van der Waals surface area contributed by atoms with E-state index in [9.17, 15) is 13.2 Å². The lowest BCUT2D eigenvalue weighted by atomic mass is 9.96. The number of nitrogens with one attached hydrogen (secondary N) is 1. The fourth-order valence-corrected chi connectivity index (χ4v) is 6.45. The molecule has 0 unspecified atom stereocenters. The van der Waals surface area contributed by atoms with Gasteiger partial charge in [-0.05, 0) is 61.5 Å². The second-order valence-electron chi connectivity index (χ2n) is 8.39. The van der Waals surface area contributed by atoms with Crippen molar-refractivity contribution in [2.24, 2.45) is 5.92 Å². The topological polar surface area (TPSA) is 88.2 Å². The van der Waals surface area contributed by atoms with Crippen LogP contribution in [-0.2, 0) is 21.3 Å². The van der Waals surface area contributed by atoms with Crippen LogP contribution in [0, 0.1) is 5.92 Å². The second kappa shape index (κ2) is 11.0. The first-order chi connectivity index (χ1) is 16.0. The summed E-state index contributed by atoms with van der Waals surface area (Å²) >= 11 is 1.78. The van der Waals surface area contributed by atoms with Crippen molar-refractivity contribution in [2.75, 3.05) is 53.0 Å². The molecule has 0 saturated carbocycles. The SMILES string of the molecule is COc1ccc(S(=O)(=O)N2CCOCC2)cc1C(=O)NCC1CCN(Cc2cccs2)CC1. The molecule has 2 aromatic rings. The van der Waals surface area contributed by atoms with Gasteiger partial charge in [0.1, 0.15) is 5.75 Å². The molecule has 10 heteroatoms. The first-order valence-corrected chi connectivity index (χ1v) is 13.6. The van der Waals surface area contributed by atoms with E-state index in [1.54, 1.807) is 17.4 Å². The number of sulfonamides is 1. The monoisotopic (exact) mass is 493 g/mol. The van der Waals surface area contributed by atoms with Gasteiger partial charge in [0.25, 0.3) is 5.91 Å². The first kappa shape index (κ1) is 24.2. The molecule has 0 bridgehead atoms. The summed E-state index contributed by atoms with van der Waals surface area (Å²) in [6, 6.07) is 8.70. The van der Waals surface area contributed by atoms with Gasteiger partial charge < -0.3 is 14.8 Å². The van der Waals surface area contributed by atoms with Crippen molar-refractivity contribution in [2.45, 2.75) is 24.3 Å². The minimum absolute atomic E-state index is 0.0947. The predicted molar refractivity (Wildman–Crippen MR) is 127 cm³/mol. The highest BCUT2D eigenvalue weighted by Gasteiger charge is 2.28. The molecule has 33 heavy (non-hydrogen) atoms. The third kappa shape index (κ3) is 5.93. The smallest absolute Gasteiger partial charge is 0.255 e. The largest absolute Gasteiger partial charge is 0.496 e. The van der Waals surface area contributed by atoms with Gasteiger partial charge in [-0.15, -0.1) is 11.3 Å². The number of piperidine rings is 1. The molecular formula is C23H31N3O5S2.